The molecule has 39 heavy (non-hydrogen) atoms. The average Bonchev–Trinajstić information content (AvgIpc) is 3.00. The van der Waals surface area contributed by atoms with E-state index in [0.717, 1.165) is 59.7 Å². The maximum atomic E-state index is 13.0. The molecular weight excluding hydrogens is 486 g/mol. The van der Waals surface area contributed by atoms with E-state index >= 15 is 0 Å². The standard InChI is InChI=1S/C33H33N3O3/c37-30(13-10-26-5-4-16-35-23-26)21-25-11-14-31(15-12-25)39-24-29-6-1-2-9-32(29)27-7-3-8-28(22-27)33(38)36-19-17-34-18-20-36/h1-9,11-12,14-16,22-23,34H,10,13,17-21,24H2. The zero-order valence-electron chi connectivity index (χ0n) is 22.0. The second-order valence-electron chi connectivity index (χ2n) is 9.79. The molecule has 198 valence electrons. The summed E-state index contributed by atoms with van der Waals surface area (Å²) in [6, 6.07) is 27.6. The summed E-state index contributed by atoms with van der Waals surface area (Å²) in [5.41, 5.74) is 5.84. The van der Waals surface area contributed by atoms with E-state index in [2.05, 4.69) is 22.4 Å². The molecule has 4 aromatic rings. The molecule has 0 unspecified atom stereocenters. The Balaban J connectivity index is 1.19. The van der Waals surface area contributed by atoms with Gasteiger partial charge in [-0.3, -0.25) is 14.6 Å². The van der Waals surface area contributed by atoms with Gasteiger partial charge in [-0.25, -0.2) is 0 Å². The number of benzene rings is 3. The summed E-state index contributed by atoms with van der Waals surface area (Å²) in [5.74, 6) is 1.03. The number of hydrogen-bond donors (Lipinski definition) is 1. The van der Waals surface area contributed by atoms with Crippen LogP contribution in [0.4, 0.5) is 0 Å². The highest BCUT2D eigenvalue weighted by atomic mass is 16.5. The molecule has 1 amide bonds. The first-order valence-electron chi connectivity index (χ1n) is 13.5. The van der Waals surface area contributed by atoms with Crippen LogP contribution in [0.3, 0.4) is 0 Å². The highest BCUT2D eigenvalue weighted by molar-refractivity contribution is 5.95. The minimum absolute atomic E-state index is 0.0720. The summed E-state index contributed by atoms with van der Waals surface area (Å²) in [7, 11) is 0. The van der Waals surface area contributed by atoms with Gasteiger partial charge in [-0.05, 0) is 64.6 Å². The van der Waals surface area contributed by atoms with Crippen molar-refractivity contribution in [3.63, 3.8) is 0 Å². The van der Waals surface area contributed by atoms with Crippen molar-refractivity contribution in [1.29, 1.82) is 0 Å². The lowest BCUT2D eigenvalue weighted by Gasteiger charge is -2.27. The van der Waals surface area contributed by atoms with Crippen LogP contribution in [-0.2, 0) is 24.2 Å². The van der Waals surface area contributed by atoms with Crippen LogP contribution < -0.4 is 10.1 Å². The normalized spacial score (nSPS) is 13.2. The topological polar surface area (TPSA) is 71.5 Å². The lowest BCUT2D eigenvalue weighted by molar-refractivity contribution is -0.118. The molecule has 0 spiro atoms. The number of piperazine rings is 1. The number of ketones is 1. The molecule has 6 nitrogen and oxygen atoms in total. The summed E-state index contributed by atoms with van der Waals surface area (Å²) in [5, 5.41) is 3.29. The van der Waals surface area contributed by atoms with Crippen LogP contribution in [-0.4, -0.2) is 47.8 Å². The number of carbonyl (C=O) groups excluding carboxylic acids is 2. The minimum atomic E-state index is 0.0720. The van der Waals surface area contributed by atoms with Crippen LogP contribution in [0.5, 0.6) is 5.75 Å². The Bertz CT molecular complexity index is 1400. The van der Waals surface area contributed by atoms with Gasteiger partial charge in [-0.1, -0.05) is 54.6 Å². The van der Waals surface area contributed by atoms with Gasteiger partial charge in [-0.15, -0.1) is 0 Å². The van der Waals surface area contributed by atoms with Crippen LogP contribution in [0, 0.1) is 0 Å². The third-order valence-corrected chi connectivity index (χ3v) is 6.98. The first-order chi connectivity index (χ1) is 19.2. The van der Waals surface area contributed by atoms with Gasteiger partial charge in [0.2, 0.25) is 0 Å². The summed E-state index contributed by atoms with van der Waals surface area (Å²) in [6.45, 7) is 3.51. The Kier molecular flexibility index (Phi) is 8.76. The number of rotatable bonds is 10. The fraction of sp³-hybridized carbons (Fsp3) is 0.242. The average molecular weight is 520 g/mol. The summed E-state index contributed by atoms with van der Waals surface area (Å²) >= 11 is 0. The van der Waals surface area contributed by atoms with E-state index in [1.165, 1.54) is 0 Å². The van der Waals surface area contributed by atoms with E-state index in [-0.39, 0.29) is 11.7 Å². The van der Waals surface area contributed by atoms with Crippen molar-refractivity contribution in [3.05, 3.63) is 120 Å². The first-order valence-corrected chi connectivity index (χ1v) is 13.5. The highest BCUT2D eigenvalue weighted by Gasteiger charge is 2.18. The van der Waals surface area contributed by atoms with Gasteiger partial charge in [0.05, 0.1) is 0 Å². The molecule has 2 heterocycles. The molecule has 0 bridgehead atoms. The number of aromatic nitrogens is 1. The van der Waals surface area contributed by atoms with Crippen LogP contribution in [0.15, 0.2) is 97.3 Å². The Morgan fingerprint density at radius 1 is 0.872 bits per heavy atom. The molecule has 1 aliphatic rings. The van der Waals surface area contributed by atoms with Crippen LogP contribution >= 0.6 is 0 Å². The van der Waals surface area contributed by atoms with Gasteiger partial charge in [0.15, 0.2) is 0 Å². The molecule has 0 saturated carbocycles. The summed E-state index contributed by atoms with van der Waals surface area (Å²) < 4.78 is 6.12. The molecule has 3 aromatic carbocycles. The third kappa shape index (κ3) is 7.18. The number of nitrogens with zero attached hydrogens (tertiary/aromatic N) is 2. The predicted octanol–water partition coefficient (Wildman–Crippen LogP) is 5.12. The molecule has 1 N–H and O–H groups in total. The van der Waals surface area contributed by atoms with Gasteiger partial charge >= 0.3 is 0 Å². The maximum Gasteiger partial charge on any atom is 0.253 e. The number of Topliss-reactive ketones (excluding diaryl/α,β-unsaturated/α-hetero) is 1. The smallest absolute Gasteiger partial charge is 0.253 e. The van der Waals surface area contributed by atoms with E-state index in [1.807, 2.05) is 77.7 Å². The Morgan fingerprint density at radius 3 is 2.49 bits per heavy atom. The number of pyridine rings is 1. The number of amides is 1. The monoisotopic (exact) mass is 519 g/mol. The van der Waals surface area contributed by atoms with Crippen LogP contribution in [0.2, 0.25) is 0 Å². The van der Waals surface area contributed by atoms with Crippen molar-refractivity contribution < 1.29 is 14.3 Å². The molecule has 1 saturated heterocycles. The molecule has 0 aliphatic carbocycles. The minimum Gasteiger partial charge on any atom is -0.489 e. The second-order valence-corrected chi connectivity index (χ2v) is 9.79. The highest BCUT2D eigenvalue weighted by Crippen LogP contribution is 2.26. The number of ether oxygens (including phenoxy) is 1. The number of aryl methyl sites for hydroxylation is 1. The molecule has 0 atom stereocenters. The quantitative estimate of drug-likeness (QED) is 0.315. The van der Waals surface area contributed by atoms with E-state index in [4.69, 9.17) is 4.74 Å². The van der Waals surface area contributed by atoms with Crippen molar-refractivity contribution in [2.45, 2.75) is 25.9 Å². The van der Waals surface area contributed by atoms with Crippen molar-refractivity contribution in [1.82, 2.24) is 15.2 Å². The first kappa shape index (κ1) is 26.3. The Labute approximate surface area is 229 Å². The van der Waals surface area contributed by atoms with Crippen LogP contribution in [0.1, 0.15) is 33.5 Å². The third-order valence-electron chi connectivity index (χ3n) is 6.98. The van der Waals surface area contributed by atoms with E-state index < -0.39 is 0 Å². The number of carbonyl (C=O) groups is 2. The van der Waals surface area contributed by atoms with Gasteiger partial charge in [0.25, 0.3) is 5.91 Å². The van der Waals surface area contributed by atoms with Crippen molar-refractivity contribution in [2.24, 2.45) is 0 Å². The predicted molar refractivity (Wildman–Crippen MR) is 153 cm³/mol. The lowest BCUT2D eigenvalue weighted by atomic mass is 9.98. The fourth-order valence-corrected chi connectivity index (χ4v) is 4.81. The van der Waals surface area contributed by atoms with E-state index in [9.17, 15) is 9.59 Å². The SMILES string of the molecule is O=C(CCc1cccnc1)Cc1ccc(OCc2ccccc2-c2cccc(C(=O)N3CCNCC3)c2)cc1. The molecule has 1 fully saturated rings. The molecule has 1 aromatic heterocycles. The van der Waals surface area contributed by atoms with Crippen molar-refractivity contribution in [2.75, 3.05) is 26.2 Å². The summed E-state index contributed by atoms with van der Waals surface area (Å²) in [4.78, 5) is 31.5. The zero-order valence-corrected chi connectivity index (χ0v) is 22.0. The Hall–Kier alpha value is -4.29. The van der Waals surface area contributed by atoms with E-state index in [0.29, 0.717) is 31.4 Å². The lowest BCUT2D eigenvalue weighted by Crippen LogP contribution is -2.46. The van der Waals surface area contributed by atoms with Gasteiger partial charge in [-0.2, -0.15) is 0 Å². The van der Waals surface area contributed by atoms with Crippen LogP contribution in [0.25, 0.3) is 11.1 Å². The molecule has 0 radical (unpaired) electrons. The Morgan fingerprint density at radius 2 is 1.69 bits per heavy atom. The maximum absolute atomic E-state index is 13.0. The fourth-order valence-electron chi connectivity index (χ4n) is 4.81. The molecule has 5 rings (SSSR count). The molecule has 6 heteroatoms. The van der Waals surface area contributed by atoms with Gasteiger partial charge in [0, 0.05) is 57.0 Å². The number of nitrogens with one attached hydrogen (secondary N) is 1. The molecule has 1 aliphatic heterocycles. The van der Waals surface area contributed by atoms with Crippen molar-refractivity contribution >= 4 is 11.7 Å². The van der Waals surface area contributed by atoms with Gasteiger partial charge < -0.3 is 15.0 Å². The zero-order chi connectivity index (χ0) is 26.9. The second kappa shape index (κ2) is 13.0. The largest absolute Gasteiger partial charge is 0.489 e. The van der Waals surface area contributed by atoms with Gasteiger partial charge in [0.1, 0.15) is 18.1 Å². The summed E-state index contributed by atoms with van der Waals surface area (Å²) in [6.07, 6.45) is 5.17. The van der Waals surface area contributed by atoms with E-state index in [1.54, 1.807) is 12.4 Å². The number of hydrogen-bond acceptors (Lipinski definition) is 5. The van der Waals surface area contributed by atoms with Crippen molar-refractivity contribution in [3.8, 4) is 16.9 Å². The molecular formula is C33H33N3O3.